The van der Waals surface area contributed by atoms with E-state index in [9.17, 15) is 18.0 Å². The van der Waals surface area contributed by atoms with Crippen LogP contribution in [0.5, 0.6) is 0 Å². The summed E-state index contributed by atoms with van der Waals surface area (Å²) in [6.45, 7) is 8.78. The van der Waals surface area contributed by atoms with Crippen LogP contribution >= 0.6 is 0 Å². The van der Waals surface area contributed by atoms with E-state index in [1.54, 1.807) is 26.8 Å². The Morgan fingerprint density at radius 3 is 2.24 bits per heavy atom. The number of hydrogen-bond acceptors (Lipinski definition) is 4. The van der Waals surface area contributed by atoms with E-state index in [0.717, 1.165) is 0 Å². The summed E-state index contributed by atoms with van der Waals surface area (Å²) < 4.78 is 26.8. The zero-order valence-corrected chi connectivity index (χ0v) is 16.1. The first-order valence-electron chi connectivity index (χ1n) is 8.09. The summed E-state index contributed by atoms with van der Waals surface area (Å²) in [7, 11) is -3.69. The first-order valence-corrected chi connectivity index (χ1v) is 9.53. The van der Waals surface area contributed by atoms with E-state index in [1.165, 1.54) is 30.3 Å². The molecule has 1 amide bonds. The van der Waals surface area contributed by atoms with Crippen LogP contribution < -0.4 is 5.32 Å². The third-order valence-electron chi connectivity index (χ3n) is 4.04. The quantitative estimate of drug-likeness (QED) is 0.727. The van der Waals surface area contributed by atoms with Crippen LogP contribution in [0.25, 0.3) is 0 Å². The van der Waals surface area contributed by atoms with E-state index in [4.69, 9.17) is 5.11 Å². The van der Waals surface area contributed by atoms with Gasteiger partial charge in [0.15, 0.2) is 0 Å². The maximum atomic E-state index is 12.7. The highest BCUT2D eigenvalue weighted by molar-refractivity contribution is 7.89. The summed E-state index contributed by atoms with van der Waals surface area (Å²) in [4.78, 5) is 23.5. The molecule has 8 heteroatoms. The zero-order valence-electron chi connectivity index (χ0n) is 15.3. The van der Waals surface area contributed by atoms with Crippen molar-refractivity contribution in [3.05, 3.63) is 29.3 Å². The first-order chi connectivity index (χ1) is 11.5. The van der Waals surface area contributed by atoms with Crippen molar-refractivity contribution in [3.8, 4) is 0 Å². The number of amides is 1. The van der Waals surface area contributed by atoms with Crippen LogP contribution in [0.3, 0.4) is 0 Å². The Balaban J connectivity index is 3.13. The number of carbonyl (C=O) groups is 2. The monoisotopic (exact) mass is 370 g/mol. The van der Waals surface area contributed by atoms with Gasteiger partial charge < -0.3 is 10.4 Å². The van der Waals surface area contributed by atoms with E-state index in [2.05, 4.69) is 5.32 Å². The van der Waals surface area contributed by atoms with Gasteiger partial charge in [-0.1, -0.05) is 19.9 Å². The lowest BCUT2D eigenvalue weighted by Crippen LogP contribution is -2.39. The van der Waals surface area contributed by atoms with Crippen LogP contribution in [-0.2, 0) is 14.8 Å². The van der Waals surface area contributed by atoms with Gasteiger partial charge in [-0.15, -0.1) is 0 Å². The number of benzene rings is 1. The molecule has 0 heterocycles. The third-order valence-corrected chi connectivity index (χ3v) is 6.24. The molecule has 0 aliphatic heterocycles. The SMILES string of the molecule is CCN(CC)S(=O)(=O)c1cc(C(=O)NCC(C)(C)C(=O)O)ccc1C. The molecule has 1 rings (SSSR count). The van der Waals surface area contributed by atoms with Gasteiger partial charge in [0.05, 0.1) is 10.3 Å². The number of hydrogen-bond donors (Lipinski definition) is 2. The van der Waals surface area contributed by atoms with Crippen LogP contribution in [0, 0.1) is 12.3 Å². The highest BCUT2D eigenvalue weighted by Crippen LogP contribution is 2.21. The molecule has 0 saturated carbocycles. The Labute approximate surface area is 149 Å². The smallest absolute Gasteiger partial charge is 0.310 e. The number of aliphatic carboxylic acids is 1. The lowest BCUT2D eigenvalue weighted by Gasteiger charge is -2.21. The van der Waals surface area contributed by atoms with Crippen LogP contribution in [0.15, 0.2) is 23.1 Å². The largest absolute Gasteiger partial charge is 0.481 e. The molecule has 0 atom stereocenters. The molecular formula is C17H26N2O5S. The molecule has 140 valence electrons. The zero-order chi connectivity index (χ0) is 19.4. The lowest BCUT2D eigenvalue weighted by molar-refractivity contribution is -0.146. The van der Waals surface area contributed by atoms with Crippen molar-refractivity contribution < 1.29 is 23.1 Å². The van der Waals surface area contributed by atoms with Crippen molar-refractivity contribution in [1.29, 1.82) is 0 Å². The molecule has 7 nitrogen and oxygen atoms in total. The number of carboxylic acids is 1. The fraction of sp³-hybridized carbons (Fsp3) is 0.529. The van der Waals surface area contributed by atoms with Crippen molar-refractivity contribution in [2.75, 3.05) is 19.6 Å². The predicted molar refractivity (Wildman–Crippen MR) is 95.0 cm³/mol. The fourth-order valence-corrected chi connectivity index (χ4v) is 3.91. The first kappa shape index (κ1) is 21.1. The predicted octanol–water partition coefficient (Wildman–Crippen LogP) is 1.87. The molecule has 25 heavy (non-hydrogen) atoms. The van der Waals surface area contributed by atoms with E-state index >= 15 is 0 Å². The lowest BCUT2D eigenvalue weighted by atomic mass is 9.94. The van der Waals surface area contributed by atoms with Crippen LogP contribution in [0.1, 0.15) is 43.6 Å². The van der Waals surface area contributed by atoms with Gasteiger partial charge in [0.1, 0.15) is 0 Å². The second-order valence-electron chi connectivity index (χ2n) is 6.44. The topological polar surface area (TPSA) is 104 Å². The van der Waals surface area contributed by atoms with E-state index in [0.29, 0.717) is 18.7 Å². The molecule has 0 fully saturated rings. The Bertz CT molecular complexity index is 752. The second kappa shape index (κ2) is 7.97. The molecule has 0 spiro atoms. The molecular weight excluding hydrogens is 344 g/mol. The summed E-state index contributed by atoms with van der Waals surface area (Å²) in [6, 6.07) is 4.44. The summed E-state index contributed by atoms with van der Waals surface area (Å²) in [5.41, 5.74) is -0.386. The summed E-state index contributed by atoms with van der Waals surface area (Å²) in [6.07, 6.45) is 0. The maximum absolute atomic E-state index is 12.7. The van der Waals surface area contributed by atoms with Crippen LogP contribution in [0.2, 0.25) is 0 Å². The van der Waals surface area contributed by atoms with Crippen molar-refractivity contribution in [1.82, 2.24) is 9.62 Å². The van der Waals surface area contributed by atoms with Crippen molar-refractivity contribution in [2.45, 2.75) is 39.5 Å². The normalized spacial score (nSPS) is 12.2. The fourth-order valence-electron chi connectivity index (χ4n) is 2.20. The number of sulfonamides is 1. The molecule has 2 N–H and O–H groups in total. The Morgan fingerprint density at radius 2 is 1.76 bits per heavy atom. The Kier molecular flexibility index (Phi) is 6.73. The van der Waals surface area contributed by atoms with Gasteiger partial charge in [-0.2, -0.15) is 4.31 Å². The molecule has 1 aromatic rings. The minimum atomic E-state index is -3.69. The van der Waals surface area contributed by atoms with E-state index < -0.39 is 27.3 Å². The van der Waals surface area contributed by atoms with Gasteiger partial charge >= 0.3 is 5.97 Å². The number of nitrogens with zero attached hydrogens (tertiary/aromatic N) is 1. The maximum Gasteiger partial charge on any atom is 0.310 e. The molecule has 1 aromatic carbocycles. The Hall–Kier alpha value is -1.93. The van der Waals surface area contributed by atoms with Gasteiger partial charge in [-0.3, -0.25) is 9.59 Å². The van der Waals surface area contributed by atoms with Crippen molar-refractivity contribution in [2.24, 2.45) is 5.41 Å². The molecule has 0 saturated heterocycles. The number of carboxylic acid groups (broad SMARTS) is 1. The van der Waals surface area contributed by atoms with Crippen molar-refractivity contribution in [3.63, 3.8) is 0 Å². The third kappa shape index (κ3) is 4.79. The van der Waals surface area contributed by atoms with Gasteiger partial charge in [0, 0.05) is 25.2 Å². The highest BCUT2D eigenvalue weighted by atomic mass is 32.2. The highest BCUT2D eigenvalue weighted by Gasteiger charge is 2.28. The standard InChI is InChI=1S/C17H26N2O5S/c1-6-19(7-2)25(23,24)14-10-13(9-8-12(14)3)15(20)18-11-17(4,5)16(21)22/h8-10H,6-7,11H2,1-5H3,(H,18,20)(H,21,22). The molecule has 0 aromatic heterocycles. The van der Waals surface area contributed by atoms with Crippen LogP contribution in [-0.4, -0.2) is 49.3 Å². The summed E-state index contributed by atoms with van der Waals surface area (Å²) in [5.74, 6) is -1.54. The van der Waals surface area contributed by atoms with Gasteiger partial charge in [-0.05, 0) is 38.5 Å². The van der Waals surface area contributed by atoms with Gasteiger partial charge in [-0.25, -0.2) is 8.42 Å². The average Bonchev–Trinajstić information content (AvgIpc) is 2.53. The van der Waals surface area contributed by atoms with E-state index in [1.807, 2.05) is 0 Å². The average molecular weight is 370 g/mol. The molecule has 0 unspecified atom stereocenters. The molecule has 0 radical (unpaired) electrons. The minimum absolute atomic E-state index is 0.0623. The second-order valence-corrected chi connectivity index (χ2v) is 8.35. The number of rotatable bonds is 8. The Morgan fingerprint density at radius 1 is 1.20 bits per heavy atom. The summed E-state index contributed by atoms with van der Waals surface area (Å²) in [5, 5.41) is 11.6. The summed E-state index contributed by atoms with van der Waals surface area (Å²) >= 11 is 0. The number of carbonyl (C=O) groups excluding carboxylic acids is 1. The minimum Gasteiger partial charge on any atom is -0.481 e. The van der Waals surface area contributed by atoms with Crippen LogP contribution in [0.4, 0.5) is 0 Å². The van der Waals surface area contributed by atoms with E-state index in [-0.39, 0.29) is 17.0 Å². The molecule has 0 bridgehead atoms. The number of nitrogens with one attached hydrogen (secondary N) is 1. The van der Waals surface area contributed by atoms with Crippen molar-refractivity contribution >= 4 is 21.9 Å². The number of aryl methyl sites for hydroxylation is 1. The van der Waals surface area contributed by atoms with Gasteiger partial charge in [0.2, 0.25) is 10.0 Å². The molecule has 0 aliphatic carbocycles. The van der Waals surface area contributed by atoms with Gasteiger partial charge in [0.25, 0.3) is 5.91 Å². The molecule has 0 aliphatic rings.